The van der Waals surface area contributed by atoms with Gasteiger partial charge in [0, 0.05) is 12.7 Å². The lowest BCUT2D eigenvalue weighted by molar-refractivity contribution is 0.507. The number of rotatable bonds is 2. The van der Waals surface area contributed by atoms with Gasteiger partial charge in [0.1, 0.15) is 0 Å². The zero-order chi connectivity index (χ0) is 7.61. The summed E-state index contributed by atoms with van der Waals surface area (Å²) in [7, 11) is -2.93. The van der Waals surface area contributed by atoms with Crippen molar-refractivity contribution >= 4 is 10.0 Å². The van der Waals surface area contributed by atoms with Crippen LogP contribution in [0.3, 0.4) is 0 Å². The smallest absolute Gasteiger partial charge is 0.238 e. The van der Waals surface area contributed by atoms with Gasteiger partial charge in [-0.3, -0.25) is 4.31 Å². The van der Waals surface area contributed by atoms with Crippen molar-refractivity contribution in [1.29, 1.82) is 0 Å². The van der Waals surface area contributed by atoms with E-state index in [4.69, 9.17) is 0 Å². The average molecular weight is 161 g/mol. The molecule has 1 rings (SSSR count). The highest BCUT2D eigenvalue weighted by Gasteiger charge is 2.20. The van der Waals surface area contributed by atoms with Crippen molar-refractivity contribution in [3.8, 4) is 0 Å². The summed E-state index contributed by atoms with van der Waals surface area (Å²) in [6, 6.07) is 0. The van der Waals surface area contributed by atoms with Crippen LogP contribution in [0.4, 0.5) is 0 Å². The Kier molecular flexibility index (Phi) is 1.99. The van der Waals surface area contributed by atoms with Crippen LogP contribution in [0.5, 0.6) is 0 Å². The lowest BCUT2D eigenvalue weighted by Crippen LogP contribution is -2.23. The third-order valence-corrected chi connectivity index (χ3v) is 3.01. The van der Waals surface area contributed by atoms with E-state index < -0.39 is 10.0 Å². The summed E-state index contributed by atoms with van der Waals surface area (Å²) < 4.78 is 23.4. The van der Waals surface area contributed by atoms with E-state index in [1.54, 1.807) is 12.3 Å². The van der Waals surface area contributed by atoms with Crippen LogP contribution in [0, 0.1) is 0 Å². The highest BCUT2D eigenvalue weighted by Crippen LogP contribution is 2.10. The molecule has 0 radical (unpaired) electrons. The minimum atomic E-state index is -2.93. The molecule has 0 unspecified atom stereocenters. The fourth-order valence-electron chi connectivity index (χ4n) is 0.905. The monoisotopic (exact) mass is 161 g/mol. The van der Waals surface area contributed by atoms with Gasteiger partial charge in [-0.05, 0) is 6.42 Å². The Balaban J connectivity index is 2.68. The number of hydrogen-bond acceptors (Lipinski definition) is 2. The molecule has 3 nitrogen and oxygen atoms in total. The molecule has 58 valence electrons. The van der Waals surface area contributed by atoms with Gasteiger partial charge >= 0.3 is 0 Å². The summed E-state index contributed by atoms with van der Waals surface area (Å²) in [6.07, 6.45) is 4.17. The quantitative estimate of drug-likeness (QED) is 0.593. The summed E-state index contributed by atoms with van der Waals surface area (Å²) in [6.45, 7) is 2.57. The van der Waals surface area contributed by atoms with E-state index in [-0.39, 0.29) is 5.75 Å². The van der Waals surface area contributed by atoms with Gasteiger partial charge in [-0.2, -0.15) is 0 Å². The molecule has 0 bridgehead atoms. The number of sulfonamides is 1. The fraction of sp³-hybridized carbons (Fsp3) is 0.667. The molecule has 0 aromatic rings. The van der Waals surface area contributed by atoms with Crippen LogP contribution in [0.1, 0.15) is 13.3 Å². The average Bonchev–Trinajstić information content (AvgIpc) is 2.13. The Morgan fingerprint density at radius 3 is 2.70 bits per heavy atom. The third-order valence-electron chi connectivity index (χ3n) is 1.38. The molecule has 1 aliphatic rings. The molecule has 1 heterocycles. The van der Waals surface area contributed by atoms with E-state index in [2.05, 4.69) is 0 Å². The second-order valence-corrected chi connectivity index (χ2v) is 4.24. The van der Waals surface area contributed by atoms with E-state index in [0.29, 0.717) is 6.54 Å². The first-order valence-electron chi connectivity index (χ1n) is 3.33. The van der Waals surface area contributed by atoms with E-state index >= 15 is 0 Å². The minimum absolute atomic E-state index is 0.174. The highest BCUT2D eigenvalue weighted by molar-refractivity contribution is 7.89. The Morgan fingerprint density at radius 1 is 1.60 bits per heavy atom. The molecule has 0 spiro atoms. The van der Waals surface area contributed by atoms with Crippen molar-refractivity contribution in [2.24, 2.45) is 0 Å². The Labute approximate surface area is 61.4 Å². The van der Waals surface area contributed by atoms with Crippen LogP contribution in [-0.4, -0.2) is 25.0 Å². The molecule has 0 amide bonds. The van der Waals surface area contributed by atoms with Gasteiger partial charge < -0.3 is 0 Å². The van der Waals surface area contributed by atoms with Crippen LogP contribution < -0.4 is 0 Å². The normalized spacial score (nSPS) is 21.9. The van der Waals surface area contributed by atoms with E-state index in [9.17, 15) is 8.42 Å². The molecular formula is C6H11NO2S. The molecule has 0 saturated carbocycles. The zero-order valence-corrected chi connectivity index (χ0v) is 6.76. The van der Waals surface area contributed by atoms with Crippen LogP contribution in [0.25, 0.3) is 0 Å². The predicted molar refractivity (Wildman–Crippen MR) is 39.9 cm³/mol. The summed E-state index contributed by atoms with van der Waals surface area (Å²) in [5, 5.41) is 0. The van der Waals surface area contributed by atoms with Crippen molar-refractivity contribution < 1.29 is 8.42 Å². The SMILES string of the molecule is CCCN1C=CCS1(=O)=O. The summed E-state index contributed by atoms with van der Waals surface area (Å²) in [4.78, 5) is 0. The number of nitrogens with zero attached hydrogens (tertiary/aromatic N) is 1. The molecule has 1 aliphatic heterocycles. The van der Waals surface area contributed by atoms with Crippen molar-refractivity contribution in [3.63, 3.8) is 0 Å². The van der Waals surface area contributed by atoms with Crippen LogP contribution in [0.15, 0.2) is 12.3 Å². The largest absolute Gasteiger partial charge is 0.277 e. The first-order valence-corrected chi connectivity index (χ1v) is 4.94. The van der Waals surface area contributed by atoms with Gasteiger partial charge in [0.2, 0.25) is 10.0 Å². The highest BCUT2D eigenvalue weighted by atomic mass is 32.2. The maximum atomic E-state index is 11.0. The van der Waals surface area contributed by atoms with Gasteiger partial charge in [-0.25, -0.2) is 8.42 Å². The molecule has 0 fully saturated rings. The molecule has 0 aromatic carbocycles. The Morgan fingerprint density at radius 2 is 2.30 bits per heavy atom. The zero-order valence-electron chi connectivity index (χ0n) is 5.95. The van der Waals surface area contributed by atoms with E-state index in [0.717, 1.165) is 6.42 Å². The molecule has 0 N–H and O–H groups in total. The Hall–Kier alpha value is -0.510. The van der Waals surface area contributed by atoms with Gasteiger partial charge in [0.15, 0.2) is 0 Å². The van der Waals surface area contributed by atoms with Gasteiger partial charge in [0.05, 0.1) is 5.75 Å². The van der Waals surface area contributed by atoms with Crippen LogP contribution in [0.2, 0.25) is 0 Å². The molecule has 10 heavy (non-hydrogen) atoms. The maximum Gasteiger partial charge on any atom is 0.238 e. The third kappa shape index (κ3) is 1.31. The summed E-state index contributed by atoms with van der Waals surface area (Å²) in [5.41, 5.74) is 0. The molecule has 0 aliphatic carbocycles. The second kappa shape index (κ2) is 2.62. The fourth-order valence-corrected chi connectivity index (χ4v) is 2.16. The first kappa shape index (κ1) is 7.60. The molecule has 4 heteroatoms. The van der Waals surface area contributed by atoms with Gasteiger partial charge in [-0.15, -0.1) is 0 Å². The van der Waals surface area contributed by atoms with Crippen molar-refractivity contribution in [2.75, 3.05) is 12.3 Å². The Bertz CT molecular complexity index is 230. The van der Waals surface area contributed by atoms with Gasteiger partial charge in [-0.1, -0.05) is 13.0 Å². The van der Waals surface area contributed by atoms with Crippen molar-refractivity contribution in [1.82, 2.24) is 4.31 Å². The summed E-state index contributed by atoms with van der Waals surface area (Å²) >= 11 is 0. The van der Waals surface area contributed by atoms with E-state index in [1.165, 1.54) is 4.31 Å². The second-order valence-electron chi connectivity index (χ2n) is 2.27. The van der Waals surface area contributed by atoms with E-state index in [1.807, 2.05) is 6.92 Å². The van der Waals surface area contributed by atoms with Crippen LogP contribution in [-0.2, 0) is 10.0 Å². The van der Waals surface area contributed by atoms with Gasteiger partial charge in [0.25, 0.3) is 0 Å². The predicted octanol–water partition coefficient (Wildman–Crippen LogP) is 0.556. The van der Waals surface area contributed by atoms with Crippen molar-refractivity contribution in [3.05, 3.63) is 12.3 Å². The molecule has 0 atom stereocenters. The van der Waals surface area contributed by atoms with Crippen LogP contribution >= 0.6 is 0 Å². The molecule has 0 aromatic heterocycles. The standard InChI is InChI=1S/C6H11NO2S/c1-2-4-7-5-3-6-10(7,8)9/h3,5H,2,4,6H2,1H3. The molecular weight excluding hydrogens is 150 g/mol. The first-order chi connectivity index (χ1) is 4.67. The molecule has 0 saturated heterocycles. The number of hydrogen-bond donors (Lipinski definition) is 0. The maximum absolute atomic E-state index is 11.0. The van der Waals surface area contributed by atoms with Crippen molar-refractivity contribution in [2.45, 2.75) is 13.3 Å². The topological polar surface area (TPSA) is 37.4 Å². The lowest BCUT2D eigenvalue weighted by Gasteiger charge is -2.12. The minimum Gasteiger partial charge on any atom is -0.277 e. The lowest BCUT2D eigenvalue weighted by atomic mass is 10.5. The summed E-state index contributed by atoms with van der Waals surface area (Å²) in [5.74, 6) is 0.174.